The number of hydrogen-bond acceptors (Lipinski definition) is 5. The van der Waals surface area contributed by atoms with Crippen LogP contribution in [0.4, 0.5) is 0 Å². The Labute approximate surface area is 158 Å². The number of carbonyl (C=O) groups excluding carboxylic acids is 2. The van der Waals surface area contributed by atoms with Crippen LogP contribution in [0.25, 0.3) is 11.1 Å². The minimum Gasteiger partial charge on any atom is -0.483 e. The Morgan fingerprint density at radius 1 is 1.08 bits per heavy atom. The fourth-order valence-electron chi connectivity index (χ4n) is 2.45. The molecule has 0 fully saturated rings. The maximum absolute atomic E-state index is 12.2. The number of carbonyl (C=O) groups is 2. The first kappa shape index (κ1) is 19.8. The van der Waals surface area contributed by atoms with Crippen LogP contribution in [-0.2, 0) is 14.3 Å². The van der Waals surface area contributed by atoms with E-state index in [1.54, 1.807) is 11.8 Å². The van der Waals surface area contributed by atoms with Crippen molar-refractivity contribution in [3.63, 3.8) is 0 Å². The van der Waals surface area contributed by atoms with Gasteiger partial charge >= 0.3 is 5.97 Å². The quantitative estimate of drug-likeness (QED) is 0.684. The summed E-state index contributed by atoms with van der Waals surface area (Å²) in [4.78, 5) is 24.0. The van der Waals surface area contributed by atoms with Crippen molar-refractivity contribution in [2.24, 2.45) is 0 Å². The third kappa shape index (κ3) is 5.81. The second-order valence-corrected chi connectivity index (χ2v) is 6.56. The van der Waals surface area contributed by atoms with Gasteiger partial charge in [-0.1, -0.05) is 48.5 Å². The predicted octanol–water partition coefficient (Wildman–Crippen LogP) is 3.14. The average Bonchev–Trinajstić information content (AvgIpc) is 2.69. The zero-order valence-corrected chi connectivity index (χ0v) is 15.8. The summed E-state index contributed by atoms with van der Waals surface area (Å²) in [6.45, 7) is -0.170. The molecular formula is C20H23NO4S. The summed E-state index contributed by atoms with van der Waals surface area (Å²) >= 11 is 1.60. The van der Waals surface area contributed by atoms with Gasteiger partial charge in [-0.25, -0.2) is 4.79 Å². The highest BCUT2D eigenvalue weighted by atomic mass is 32.2. The van der Waals surface area contributed by atoms with Crippen molar-refractivity contribution in [1.82, 2.24) is 5.32 Å². The SMILES string of the molecule is COC(=O)[C@H](CCSC)NC(=O)COc1ccccc1-c1ccccc1. The molecule has 0 aromatic heterocycles. The van der Waals surface area contributed by atoms with Gasteiger partial charge in [0.2, 0.25) is 0 Å². The molecule has 2 rings (SSSR count). The number of hydrogen-bond donors (Lipinski definition) is 1. The molecular weight excluding hydrogens is 350 g/mol. The monoisotopic (exact) mass is 373 g/mol. The van der Waals surface area contributed by atoms with E-state index < -0.39 is 12.0 Å². The van der Waals surface area contributed by atoms with Gasteiger partial charge in [0.25, 0.3) is 5.91 Å². The Kier molecular flexibility index (Phi) is 8.02. The van der Waals surface area contributed by atoms with Gasteiger partial charge in [0.05, 0.1) is 7.11 Å². The van der Waals surface area contributed by atoms with Crippen LogP contribution in [0.15, 0.2) is 54.6 Å². The van der Waals surface area contributed by atoms with Crippen LogP contribution in [0.1, 0.15) is 6.42 Å². The van der Waals surface area contributed by atoms with Crippen molar-refractivity contribution in [1.29, 1.82) is 0 Å². The fraction of sp³-hybridized carbons (Fsp3) is 0.300. The molecule has 0 aliphatic rings. The lowest BCUT2D eigenvalue weighted by Crippen LogP contribution is -2.43. The molecule has 6 heteroatoms. The summed E-state index contributed by atoms with van der Waals surface area (Å²) in [5.74, 6) is 0.562. The minimum atomic E-state index is -0.659. The molecule has 0 spiro atoms. The first-order valence-electron chi connectivity index (χ1n) is 8.29. The summed E-state index contributed by atoms with van der Waals surface area (Å²) < 4.78 is 10.4. The first-order chi connectivity index (χ1) is 12.7. The van der Waals surface area contributed by atoms with Crippen molar-refractivity contribution >= 4 is 23.6 Å². The van der Waals surface area contributed by atoms with Crippen LogP contribution in [0, 0.1) is 0 Å². The minimum absolute atomic E-state index is 0.170. The van der Waals surface area contributed by atoms with Gasteiger partial charge in [-0.15, -0.1) is 0 Å². The van der Waals surface area contributed by atoms with E-state index in [-0.39, 0.29) is 12.5 Å². The number of para-hydroxylation sites is 1. The third-order valence-corrected chi connectivity index (χ3v) is 4.41. The van der Waals surface area contributed by atoms with E-state index >= 15 is 0 Å². The maximum atomic E-state index is 12.2. The molecule has 0 heterocycles. The Morgan fingerprint density at radius 2 is 1.77 bits per heavy atom. The lowest BCUT2D eigenvalue weighted by molar-refractivity contribution is -0.145. The molecule has 0 aliphatic heterocycles. The molecule has 0 unspecified atom stereocenters. The van der Waals surface area contributed by atoms with E-state index in [9.17, 15) is 9.59 Å². The molecule has 2 aromatic carbocycles. The van der Waals surface area contributed by atoms with E-state index in [2.05, 4.69) is 5.32 Å². The highest BCUT2D eigenvalue weighted by Gasteiger charge is 2.21. The number of rotatable bonds is 9. The van der Waals surface area contributed by atoms with E-state index in [0.717, 1.165) is 16.9 Å². The van der Waals surface area contributed by atoms with Crippen molar-refractivity contribution < 1.29 is 19.1 Å². The van der Waals surface area contributed by atoms with E-state index in [1.807, 2.05) is 60.9 Å². The molecule has 1 amide bonds. The Hall–Kier alpha value is -2.47. The number of methoxy groups -OCH3 is 1. The molecule has 1 N–H and O–H groups in total. The van der Waals surface area contributed by atoms with Gasteiger partial charge in [-0.2, -0.15) is 11.8 Å². The number of esters is 1. The maximum Gasteiger partial charge on any atom is 0.328 e. The van der Waals surface area contributed by atoms with Crippen molar-refractivity contribution in [3.05, 3.63) is 54.6 Å². The highest BCUT2D eigenvalue weighted by molar-refractivity contribution is 7.98. The van der Waals surface area contributed by atoms with Crippen LogP contribution in [0.3, 0.4) is 0 Å². The Balaban J connectivity index is 2.00. The van der Waals surface area contributed by atoms with Crippen molar-refractivity contribution in [2.45, 2.75) is 12.5 Å². The van der Waals surface area contributed by atoms with Gasteiger partial charge in [-0.05, 0) is 30.1 Å². The molecule has 26 heavy (non-hydrogen) atoms. The van der Waals surface area contributed by atoms with Gasteiger partial charge in [0.1, 0.15) is 11.8 Å². The van der Waals surface area contributed by atoms with Crippen LogP contribution >= 0.6 is 11.8 Å². The molecule has 5 nitrogen and oxygen atoms in total. The molecule has 2 aromatic rings. The number of nitrogens with one attached hydrogen (secondary N) is 1. The highest BCUT2D eigenvalue weighted by Crippen LogP contribution is 2.29. The molecule has 0 saturated heterocycles. The summed E-state index contributed by atoms with van der Waals surface area (Å²) in [6, 6.07) is 16.7. The molecule has 138 valence electrons. The van der Waals surface area contributed by atoms with Crippen LogP contribution in [0.2, 0.25) is 0 Å². The van der Waals surface area contributed by atoms with Crippen molar-refractivity contribution in [2.75, 3.05) is 25.7 Å². The topological polar surface area (TPSA) is 64.6 Å². The average molecular weight is 373 g/mol. The number of thioether (sulfide) groups is 1. The molecule has 0 aliphatic carbocycles. The molecule has 1 atom stereocenters. The summed E-state index contributed by atoms with van der Waals surface area (Å²) in [5, 5.41) is 2.68. The normalized spacial score (nSPS) is 11.5. The van der Waals surface area contributed by atoms with Gasteiger partial charge in [0, 0.05) is 5.56 Å². The fourth-order valence-corrected chi connectivity index (χ4v) is 2.93. The largest absolute Gasteiger partial charge is 0.483 e. The van der Waals surface area contributed by atoms with Crippen LogP contribution < -0.4 is 10.1 Å². The first-order valence-corrected chi connectivity index (χ1v) is 9.68. The zero-order chi connectivity index (χ0) is 18.8. The molecule has 0 bridgehead atoms. The second kappa shape index (κ2) is 10.5. The Bertz CT molecular complexity index is 721. The summed E-state index contributed by atoms with van der Waals surface area (Å²) in [7, 11) is 1.31. The number of benzene rings is 2. The molecule has 0 radical (unpaired) electrons. The van der Waals surface area contributed by atoms with E-state index in [0.29, 0.717) is 12.2 Å². The smallest absolute Gasteiger partial charge is 0.328 e. The van der Waals surface area contributed by atoms with Gasteiger partial charge in [0.15, 0.2) is 6.61 Å². The van der Waals surface area contributed by atoms with E-state index in [4.69, 9.17) is 9.47 Å². The lowest BCUT2D eigenvalue weighted by atomic mass is 10.1. The van der Waals surface area contributed by atoms with Gasteiger partial charge < -0.3 is 14.8 Å². The number of ether oxygens (including phenoxy) is 2. The van der Waals surface area contributed by atoms with Gasteiger partial charge in [-0.3, -0.25) is 4.79 Å². The van der Waals surface area contributed by atoms with Crippen molar-refractivity contribution in [3.8, 4) is 16.9 Å². The standard InChI is InChI=1S/C20H23NO4S/c1-24-20(23)17(12-13-26-2)21-19(22)14-25-18-11-7-6-10-16(18)15-8-4-3-5-9-15/h3-11,17H,12-14H2,1-2H3,(H,21,22)/t17-/m0/s1. The summed E-state index contributed by atoms with van der Waals surface area (Å²) in [6.07, 6.45) is 2.46. The number of amides is 1. The lowest BCUT2D eigenvalue weighted by Gasteiger charge is -2.17. The van der Waals surface area contributed by atoms with Crippen LogP contribution in [-0.4, -0.2) is 43.6 Å². The molecule has 0 saturated carbocycles. The Morgan fingerprint density at radius 3 is 2.46 bits per heavy atom. The van der Waals surface area contributed by atoms with Crippen LogP contribution in [0.5, 0.6) is 5.75 Å². The second-order valence-electron chi connectivity index (χ2n) is 5.58. The zero-order valence-electron chi connectivity index (χ0n) is 14.9. The van der Waals surface area contributed by atoms with E-state index in [1.165, 1.54) is 7.11 Å². The predicted molar refractivity (Wildman–Crippen MR) is 104 cm³/mol. The third-order valence-electron chi connectivity index (χ3n) is 3.76. The summed E-state index contributed by atoms with van der Waals surface area (Å²) in [5.41, 5.74) is 1.92.